The van der Waals surface area contributed by atoms with E-state index >= 15 is 0 Å². The molecule has 1 N–H and O–H groups in total. The van der Waals surface area contributed by atoms with E-state index in [2.05, 4.69) is 20.3 Å². The third-order valence-corrected chi connectivity index (χ3v) is 2.81. The molecular weight excluding hydrogens is 256 g/mol. The van der Waals surface area contributed by atoms with Crippen LogP contribution in [0.2, 0.25) is 0 Å². The summed E-state index contributed by atoms with van der Waals surface area (Å²) in [4.78, 5) is 23.9. The van der Waals surface area contributed by atoms with E-state index in [4.69, 9.17) is 4.42 Å². The topological polar surface area (TPSA) is 80.9 Å². The number of hydrogen-bond donors (Lipinski definition) is 1. The summed E-state index contributed by atoms with van der Waals surface area (Å²) in [5.41, 5.74) is 2.77. The summed E-state index contributed by atoms with van der Waals surface area (Å²) in [7, 11) is 0. The first-order valence-corrected chi connectivity index (χ1v) is 6.12. The minimum Gasteiger partial charge on any atom is -0.441 e. The van der Waals surface area contributed by atoms with Crippen LogP contribution < -0.4 is 5.32 Å². The van der Waals surface area contributed by atoms with Crippen LogP contribution in [0, 0.1) is 6.92 Å². The van der Waals surface area contributed by atoms with Gasteiger partial charge in [-0.1, -0.05) is 6.07 Å². The number of rotatable bonds is 3. The largest absolute Gasteiger partial charge is 0.441 e. The highest BCUT2D eigenvalue weighted by atomic mass is 16.3. The molecule has 0 aliphatic heterocycles. The summed E-state index contributed by atoms with van der Waals surface area (Å²) in [6.45, 7) is 2.20. The summed E-state index contributed by atoms with van der Waals surface area (Å²) in [6.07, 6.45) is 4.44. The van der Waals surface area contributed by atoms with E-state index in [-0.39, 0.29) is 5.91 Å². The van der Waals surface area contributed by atoms with Crippen molar-refractivity contribution >= 4 is 17.0 Å². The molecule has 2 heterocycles. The van der Waals surface area contributed by atoms with Gasteiger partial charge >= 0.3 is 0 Å². The maximum absolute atomic E-state index is 11.8. The number of benzene rings is 1. The van der Waals surface area contributed by atoms with Crippen molar-refractivity contribution in [3.05, 3.63) is 53.9 Å². The zero-order valence-corrected chi connectivity index (χ0v) is 10.8. The normalized spacial score (nSPS) is 10.7. The van der Waals surface area contributed by atoms with Crippen molar-refractivity contribution in [2.75, 3.05) is 0 Å². The number of carbonyl (C=O) groups is 1. The van der Waals surface area contributed by atoms with Gasteiger partial charge in [0, 0.05) is 25.9 Å². The fraction of sp³-hybridized carbons (Fsp3) is 0.143. The van der Waals surface area contributed by atoms with Crippen LogP contribution in [0.1, 0.15) is 21.9 Å². The Morgan fingerprint density at radius 2 is 2.25 bits per heavy atom. The summed E-state index contributed by atoms with van der Waals surface area (Å²) in [5, 5.41) is 2.79. The van der Waals surface area contributed by atoms with E-state index < -0.39 is 0 Å². The van der Waals surface area contributed by atoms with E-state index in [1.807, 2.05) is 18.2 Å². The smallest absolute Gasteiger partial charge is 0.271 e. The number of hydrogen-bond acceptors (Lipinski definition) is 5. The molecule has 6 heteroatoms. The van der Waals surface area contributed by atoms with Crippen molar-refractivity contribution in [1.82, 2.24) is 20.3 Å². The molecule has 0 aliphatic carbocycles. The molecule has 0 unspecified atom stereocenters. The predicted octanol–water partition coefficient (Wildman–Crippen LogP) is 1.86. The molecular formula is C14H12N4O2. The lowest BCUT2D eigenvalue weighted by atomic mass is 10.2. The van der Waals surface area contributed by atoms with Crippen LogP contribution in [0.25, 0.3) is 11.1 Å². The monoisotopic (exact) mass is 268 g/mol. The summed E-state index contributed by atoms with van der Waals surface area (Å²) in [6, 6.07) is 5.63. The lowest BCUT2D eigenvalue weighted by Gasteiger charge is -2.04. The molecule has 20 heavy (non-hydrogen) atoms. The Bertz CT molecular complexity index is 752. The second-order valence-corrected chi connectivity index (χ2v) is 4.31. The van der Waals surface area contributed by atoms with Crippen LogP contribution in [0.5, 0.6) is 0 Å². The van der Waals surface area contributed by atoms with Crippen molar-refractivity contribution in [1.29, 1.82) is 0 Å². The number of aryl methyl sites for hydroxylation is 1. The Hall–Kier alpha value is -2.76. The molecule has 0 radical (unpaired) electrons. The molecule has 0 fully saturated rings. The quantitative estimate of drug-likeness (QED) is 0.784. The number of fused-ring (bicyclic) bond motifs is 1. The van der Waals surface area contributed by atoms with Gasteiger partial charge in [0.15, 0.2) is 11.5 Å². The maximum Gasteiger partial charge on any atom is 0.271 e. The Morgan fingerprint density at radius 3 is 3.05 bits per heavy atom. The Morgan fingerprint density at radius 1 is 1.35 bits per heavy atom. The van der Waals surface area contributed by atoms with Crippen molar-refractivity contribution in [2.45, 2.75) is 13.5 Å². The van der Waals surface area contributed by atoms with Gasteiger partial charge in [0.2, 0.25) is 0 Å². The highest BCUT2D eigenvalue weighted by Gasteiger charge is 2.07. The molecule has 0 aliphatic rings. The molecule has 2 aromatic heterocycles. The molecule has 0 saturated carbocycles. The van der Waals surface area contributed by atoms with E-state index in [9.17, 15) is 4.79 Å². The van der Waals surface area contributed by atoms with Crippen LogP contribution >= 0.6 is 0 Å². The minimum absolute atomic E-state index is 0.255. The molecule has 0 saturated heterocycles. The Labute approximate surface area is 114 Å². The van der Waals surface area contributed by atoms with Crippen LogP contribution in [0.4, 0.5) is 0 Å². The molecule has 0 atom stereocenters. The van der Waals surface area contributed by atoms with Crippen molar-refractivity contribution < 1.29 is 9.21 Å². The third-order valence-electron chi connectivity index (χ3n) is 2.81. The Balaban J connectivity index is 1.72. The lowest BCUT2D eigenvalue weighted by molar-refractivity contribution is 0.0945. The van der Waals surface area contributed by atoms with Gasteiger partial charge in [-0.25, -0.2) is 9.97 Å². The van der Waals surface area contributed by atoms with E-state index in [0.29, 0.717) is 18.1 Å². The molecule has 3 rings (SSSR count). The number of oxazole rings is 1. The molecule has 1 amide bonds. The summed E-state index contributed by atoms with van der Waals surface area (Å²) >= 11 is 0. The number of nitrogens with one attached hydrogen (secondary N) is 1. The molecule has 1 aromatic carbocycles. The highest BCUT2D eigenvalue weighted by molar-refractivity contribution is 5.91. The van der Waals surface area contributed by atoms with E-state index in [1.165, 1.54) is 18.6 Å². The lowest BCUT2D eigenvalue weighted by Crippen LogP contribution is -2.23. The van der Waals surface area contributed by atoms with Gasteiger partial charge in [-0.2, -0.15) is 0 Å². The minimum atomic E-state index is -0.255. The van der Waals surface area contributed by atoms with Gasteiger partial charge < -0.3 is 9.73 Å². The second-order valence-electron chi connectivity index (χ2n) is 4.31. The summed E-state index contributed by atoms with van der Waals surface area (Å²) < 4.78 is 5.40. The fourth-order valence-electron chi connectivity index (χ4n) is 1.89. The van der Waals surface area contributed by atoms with Gasteiger partial charge in [0.05, 0.1) is 6.20 Å². The van der Waals surface area contributed by atoms with Gasteiger partial charge in [-0.15, -0.1) is 0 Å². The van der Waals surface area contributed by atoms with Crippen LogP contribution in [0.15, 0.2) is 41.2 Å². The van der Waals surface area contributed by atoms with Gasteiger partial charge in [0.1, 0.15) is 11.2 Å². The average molecular weight is 268 g/mol. The van der Waals surface area contributed by atoms with Crippen LogP contribution in [0.3, 0.4) is 0 Å². The standard InChI is InChI=1S/C14H12N4O2/c1-9-18-11-6-10(2-3-13(11)20-9)7-17-14(19)12-8-15-4-5-16-12/h2-6,8H,7H2,1H3,(H,17,19). The van der Waals surface area contributed by atoms with E-state index in [1.54, 1.807) is 6.92 Å². The molecule has 0 spiro atoms. The first-order chi connectivity index (χ1) is 9.72. The van der Waals surface area contributed by atoms with Gasteiger partial charge in [-0.05, 0) is 17.7 Å². The first-order valence-electron chi connectivity index (χ1n) is 6.12. The number of nitrogens with zero attached hydrogens (tertiary/aromatic N) is 3. The van der Waals surface area contributed by atoms with E-state index in [0.717, 1.165) is 16.7 Å². The highest BCUT2D eigenvalue weighted by Crippen LogP contribution is 2.16. The van der Waals surface area contributed by atoms with Crippen molar-refractivity contribution in [2.24, 2.45) is 0 Å². The predicted molar refractivity (Wildman–Crippen MR) is 71.9 cm³/mol. The first kappa shape index (κ1) is 12.3. The maximum atomic E-state index is 11.8. The molecule has 6 nitrogen and oxygen atoms in total. The van der Waals surface area contributed by atoms with Gasteiger partial charge in [0.25, 0.3) is 5.91 Å². The summed E-state index contributed by atoms with van der Waals surface area (Å²) in [5.74, 6) is 0.371. The third kappa shape index (κ3) is 2.49. The van der Waals surface area contributed by atoms with Crippen molar-refractivity contribution in [3.8, 4) is 0 Å². The molecule has 3 aromatic rings. The van der Waals surface area contributed by atoms with Crippen LogP contribution in [-0.2, 0) is 6.54 Å². The number of aromatic nitrogens is 3. The van der Waals surface area contributed by atoms with Gasteiger partial charge in [-0.3, -0.25) is 9.78 Å². The van der Waals surface area contributed by atoms with Crippen molar-refractivity contribution in [3.63, 3.8) is 0 Å². The SMILES string of the molecule is Cc1nc2cc(CNC(=O)c3cnccn3)ccc2o1. The average Bonchev–Trinajstić information content (AvgIpc) is 2.85. The Kier molecular flexibility index (Phi) is 3.12. The number of amides is 1. The number of carbonyl (C=O) groups excluding carboxylic acids is 1. The molecule has 0 bridgehead atoms. The second kappa shape index (κ2) is 5.08. The van der Waals surface area contributed by atoms with Crippen LogP contribution in [-0.4, -0.2) is 20.9 Å². The zero-order chi connectivity index (χ0) is 13.9. The fourth-order valence-corrected chi connectivity index (χ4v) is 1.89. The zero-order valence-electron chi connectivity index (χ0n) is 10.8. The molecule has 100 valence electrons.